The van der Waals surface area contributed by atoms with Crippen molar-refractivity contribution in [2.45, 2.75) is 26.4 Å². The van der Waals surface area contributed by atoms with Crippen molar-refractivity contribution < 1.29 is 23.1 Å². The van der Waals surface area contributed by atoms with Crippen LogP contribution in [0.2, 0.25) is 0 Å². The lowest BCUT2D eigenvalue weighted by atomic mass is 10.1. The highest BCUT2D eigenvalue weighted by Crippen LogP contribution is 2.11. The van der Waals surface area contributed by atoms with E-state index in [1.54, 1.807) is 0 Å². The van der Waals surface area contributed by atoms with Crippen LogP contribution >= 0.6 is 0 Å². The zero-order chi connectivity index (χ0) is 16.0. The smallest absolute Gasteiger partial charge is 0.318 e. The Morgan fingerprint density at radius 1 is 1.48 bits per heavy atom. The molecule has 1 heterocycles. The summed E-state index contributed by atoms with van der Waals surface area (Å²) in [5, 5.41) is 8.82. The van der Waals surface area contributed by atoms with Crippen LogP contribution in [0, 0.1) is 5.92 Å². The molecule has 1 saturated heterocycles. The fourth-order valence-electron chi connectivity index (χ4n) is 2.23. The van der Waals surface area contributed by atoms with Crippen LogP contribution in [0.4, 0.5) is 0 Å². The minimum atomic E-state index is -3.55. The first-order chi connectivity index (χ1) is 9.68. The highest BCUT2D eigenvalue weighted by Gasteiger charge is 2.27. The normalized spacial score (nSPS) is 21.1. The third-order valence-corrected chi connectivity index (χ3v) is 4.65. The van der Waals surface area contributed by atoms with Crippen molar-refractivity contribution in [2.75, 3.05) is 45.6 Å². The third kappa shape index (κ3) is 7.21. The number of hydrogen-bond donors (Lipinski definition) is 1. The SMILES string of the molecule is CC(C)CCN1CCOC(CN(CC(=O)O)S(C)(=O)=O)C1. The first kappa shape index (κ1) is 18.3. The van der Waals surface area contributed by atoms with E-state index < -0.39 is 22.5 Å². The second kappa shape index (κ2) is 8.07. The summed E-state index contributed by atoms with van der Waals surface area (Å²) in [6.07, 6.45) is 1.83. The number of carboxylic acids is 1. The van der Waals surface area contributed by atoms with Gasteiger partial charge in [-0.15, -0.1) is 0 Å². The molecule has 1 fully saturated rings. The summed E-state index contributed by atoms with van der Waals surface area (Å²) < 4.78 is 29.8. The molecule has 0 aliphatic carbocycles. The van der Waals surface area contributed by atoms with Gasteiger partial charge in [0.2, 0.25) is 10.0 Å². The van der Waals surface area contributed by atoms with E-state index in [1.165, 1.54) is 0 Å². The molecule has 0 aromatic heterocycles. The molecule has 7 nitrogen and oxygen atoms in total. The van der Waals surface area contributed by atoms with Crippen LogP contribution in [-0.2, 0) is 19.6 Å². The monoisotopic (exact) mass is 322 g/mol. The summed E-state index contributed by atoms with van der Waals surface area (Å²) in [6, 6.07) is 0. The van der Waals surface area contributed by atoms with Crippen LogP contribution in [-0.4, -0.2) is 80.4 Å². The summed E-state index contributed by atoms with van der Waals surface area (Å²) >= 11 is 0. The number of aliphatic carboxylic acids is 1. The molecule has 1 unspecified atom stereocenters. The van der Waals surface area contributed by atoms with Crippen molar-refractivity contribution >= 4 is 16.0 Å². The molecule has 0 saturated carbocycles. The zero-order valence-electron chi connectivity index (χ0n) is 13.0. The molecule has 1 aliphatic heterocycles. The van der Waals surface area contributed by atoms with E-state index in [4.69, 9.17) is 9.84 Å². The van der Waals surface area contributed by atoms with Crippen molar-refractivity contribution in [1.29, 1.82) is 0 Å². The maximum Gasteiger partial charge on any atom is 0.318 e. The van der Waals surface area contributed by atoms with E-state index in [0.717, 1.165) is 30.1 Å². The molecule has 21 heavy (non-hydrogen) atoms. The van der Waals surface area contributed by atoms with Crippen molar-refractivity contribution in [3.63, 3.8) is 0 Å². The molecule has 0 aromatic rings. The van der Waals surface area contributed by atoms with Gasteiger partial charge in [0.1, 0.15) is 6.54 Å². The molecule has 1 aliphatic rings. The van der Waals surface area contributed by atoms with Gasteiger partial charge in [0.25, 0.3) is 0 Å². The summed E-state index contributed by atoms with van der Waals surface area (Å²) in [6.45, 7) is 6.86. The number of morpholine rings is 1. The second-order valence-corrected chi connectivity index (χ2v) is 7.91. The molecule has 1 N–H and O–H groups in total. The van der Waals surface area contributed by atoms with Crippen LogP contribution in [0.1, 0.15) is 20.3 Å². The highest BCUT2D eigenvalue weighted by molar-refractivity contribution is 7.88. The molecule has 8 heteroatoms. The van der Waals surface area contributed by atoms with E-state index in [0.29, 0.717) is 19.1 Å². The Hall–Kier alpha value is -0.700. The van der Waals surface area contributed by atoms with Crippen molar-refractivity contribution in [3.8, 4) is 0 Å². The van der Waals surface area contributed by atoms with Crippen molar-refractivity contribution in [2.24, 2.45) is 5.92 Å². The van der Waals surface area contributed by atoms with Gasteiger partial charge in [-0.1, -0.05) is 13.8 Å². The maximum absolute atomic E-state index is 11.6. The Morgan fingerprint density at radius 3 is 2.67 bits per heavy atom. The van der Waals surface area contributed by atoms with Crippen molar-refractivity contribution in [3.05, 3.63) is 0 Å². The van der Waals surface area contributed by atoms with Gasteiger partial charge in [0.15, 0.2) is 0 Å². The average Bonchev–Trinajstić information content (AvgIpc) is 2.34. The summed E-state index contributed by atoms with van der Waals surface area (Å²) in [5.74, 6) is -0.543. The first-order valence-corrected chi connectivity index (χ1v) is 9.04. The molecule has 0 amide bonds. The van der Waals surface area contributed by atoms with Crippen LogP contribution in [0.15, 0.2) is 0 Å². The number of nitrogens with zero attached hydrogens (tertiary/aromatic N) is 2. The van der Waals surface area contributed by atoms with Gasteiger partial charge < -0.3 is 9.84 Å². The molecule has 0 spiro atoms. The fraction of sp³-hybridized carbons (Fsp3) is 0.923. The summed E-state index contributed by atoms with van der Waals surface area (Å²) in [7, 11) is -3.55. The van der Waals surface area contributed by atoms with Gasteiger partial charge >= 0.3 is 5.97 Å². The van der Waals surface area contributed by atoms with Gasteiger partial charge in [0, 0.05) is 19.6 Å². The Balaban J connectivity index is 2.56. The fourth-order valence-corrected chi connectivity index (χ4v) is 3.01. The molecular weight excluding hydrogens is 296 g/mol. The van der Waals surface area contributed by atoms with Crippen molar-refractivity contribution in [1.82, 2.24) is 9.21 Å². The molecule has 1 atom stereocenters. The van der Waals surface area contributed by atoms with Gasteiger partial charge in [-0.25, -0.2) is 8.42 Å². The number of rotatable bonds is 8. The number of carboxylic acid groups (broad SMARTS) is 1. The molecule has 0 bridgehead atoms. The van der Waals surface area contributed by atoms with Crippen LogP contribution in [0.5, 0.6) is 0 Å². The highest BCUT2D eigenvalue weighted by atomic mass is 32.2. The maximum atomic E-state index is 11.6. The predicted octanol–water partition coefficient (Wildman–Crippen LogP) is 0.0795. The number of carbonyl (C=O) groups is 1. The summed E-state index contributed by atoms with van der Waals surface area (Å²) in [4.78, 5) is 13.0. The molecule has 0 radical (unpaired) electrons. The molecule has 1 rings (SSSR count). The number of hydrogen-bond acceptors (Lipinski definition) is 5. The first-order valence-electron chi connectivity index (χ1n) is 7.19. The van der Waals surface area contributed by atoms with Gasteiger partial charge in [-0.2, -0.15) is 4.31 Å². The summed E-state index contributed by atoms with van der Waals surface area (Å²) in [5.41, 5.74) is 0. The topological polar surface area (TPSA) is 87.2 Å². The van der Waals surface area contributed by atoms with E-state index >= 15 is 0 Å². The Morgan fingerprint density at radius 2 is 2.14 bits per heavy atom. The van der Waals surface area contributed by atoms with Crippen LogP contribution in [0.25, 0.3) is 0 Å². The largest absolute Gasteiger partial charge is 0.480 e. The molecule has 0 aromatic carbocycles. The number of ether oxygens (including phenoxy) is 1. The predicted molar refractivity (Wildman–Crippen MR) is 79.7 cm³/mol. The third-order valence-electron chi connectivity index (χ3n) is 3.43. The van der Waals surface area contributed by atoms with Gasteiger partial charge in [-0.3, -0.25) is 9.69 Å². The van der Waals surface area contributed by atoms with E-state index in [1.807, 2.05) is 0 Å². The quantitative estimate of drug-likeness (QED) is 0.681. The van der Waals surface area contributed by atoms with E-state index in [2.05, 4.69) is 18.7 Å². The van der Waals surface area contributed by atoms with Gasteiger partial charge in [-0.05, 0) is 18.9 Å². The average molecular weight is 322 g/mol. The Bertz CT molecular complexity index is 438. The lowest BCUT2D eigenvalue weighted by Gasteiger charge is -2.35. The van der Waals surface area contributed by atoms with E-state index in [9.17, 15) is 13.2 Å². The second-order valence-electron chi connectivity index (χ2n) is 5.93. The lowest BCUT2D eigenvalue weighted by Crippen LogP contribution is -2.49. The van der Waals surface area contributed by atoms with Gasteiger partial charge in [0.05, 0.1) is 19.0 Å². The van der Waals surface area contributed by atoms with Crippen LogP contribution in [0.3, 0.4) is 0 Å². The lowest BCUT2D eigenvalue weighted by molar-refractivity contribution is -0.137. The zero-order valence-corrected chi connectivity index (χ0v) is 13.8. The standard InChI is InChI=1S/C13H26N2O5S/c1-11(2)4-5-14-6-7-20-12(8-14)9-15(10-13(16)17)21(3,18)19/h11-12H,4-10H2,1-3H3,(H,16,17). The molecular formula is C13H26N2O5S. The minimum Gasteiger partial charge on any atom is -0.480 e. The Labute approximate surface area is 126 Å². The number of sulfonamides is 1. The Kier molecular flexibility index (Phi) is 7.05. The minimum absolute atomic E-state index is 0.0866. The van der Waals surface area contributed by atoms with Crippen LogP contribution < -0.4 is 0 Å². The van der Waals surface area contributed by atoms with E-state index in [-0.39, 0.29) is 12.6 Å². The molecule has 124 valence electrons.